The Morgan fingerprint density at radius 1 is 1.00 bits per heavy atom. The van der Waals surface area contributed by atoms with E-state index in [9.17, 15) is 0 Å². The van der Waals surface area contributed by atoms with Crippen LogP contribution in [-0.4, -0.2) is 39.1 Å². The summed E-state index contributed by atoms with van der Waals surface area (Å²) in [6.45, 7) is 2.34. The second-order valence-electron chi connectivity index (χ2n) is 5.31. The Morgan fingerprint density at radius 3 is 1.88 bits per heavy atom. The van der Waals surface area contributed by atoms with Gasteiger partial charge in [-0.05, 0) is 38.9 Å². The third-order valence-corrected chi connectivity index (χ3v) is 3.71. The van der Waals surface area contributed by atoms with Crippen molar-refractivity contribution in [1.82, 2.24) is 4.90 Å². The molecule has 2 nitrogen and oxygen atoms in total. The zero-order valence-corrected chi connectivity index (χ0v) is 15.0. The minimum absolute atomic E-state index is 0. The van der Waals surface area contributed by atoms with Gasteiger partial charge in [-0.15, -0.1) is 6.54 Å². The standard InChI is InChI=1S/C13H27N2.CH3.W/c1-14-10-8-12-4-6-13(7-5-12)9-11-15(2)3;;/h12-13H,4-11H2,1-3H3;1H3;/q2*-1;+2. The molecule has 0 radical (unpaired) electrons. The van der Waals surface area contributed by atoms with E-state index in [0.29, 0.717) is 0 Å². The van der Waals surface area contributed by atoms with Crippen LogP contribution in [0.4, 0.5) is 0 Å². The summed E-state index contributed by atoms with van der Waals surface area (Å²) in [5, 5.41) is 4.20. The van der Waals surface area contributed by atoms with E-state index in [2.05, 4.69) is 24.3 Å². The number of hydrogen-bond acceptors (Lipinski definition) is 1. The van der Waals surface area contributed by atoms with Crippen LogP contribution in [0, 0.1) is 19.3 Å². The minimum Gasteiger partial charge on any atom is -0.665 e. The first-order valence-electron chi connectivity index (χ1n) is 6.42. The molecule has 1 fully saturated rings. The third-order valence-electron chi connectivity index (χ3n) is 3.71. The zero-order chi connectivity index (χ0) is 11.1. The Bertz CT molecular complexity index is 154. The van der Waals surface area contributed by atoms with Gasteiger partial charge in [-0.25, -0.2) is 0 Å². The first kappa shape index (κ1) is 19.9. The molecule has 0 spiro atoms. The summed E-state index contributed by atoms with van der Waals surface area (Å²) in [6, 6.07) is 0. The SMILES string of the molecule is C[N-]CCC1CCC(CCN(C)C)CC1.[CH3-].[W+2]. The van der Waals surface area contributed by atoms with Crippen molar-refractivity contribution in [1.29, 1.82) is 0 Å². The number of hydrogen-bond donors (Lipinski definition) is 0. The van der Waals surface area contributed by atoms with E-state index < -0.39 is 0 Å². The topological polar surface area (TPSA) is 17.3 Å². The molecule has 1 aliphatic carbocycles. The van der Waals surface area contributed by atoms with Crippen LogP contribution < -0.4 is 0 Å². The van der Waals surface area contributed by atoms with Crippen molar-refractivity contribution in [3.8, 4) is 0 Å². The van der Waals surface area contributed by atoms with Crippen molar-refractivity contribution in [2.75, 3.05) is 34.2 Å². The maximum absolute atomic E-state index is 4.20. The summed E-state index contributed by atoms with van der Waals surface area (Å²) in [4.78, 5) is 2.31. The van der Waals surface area contributed by atoms with Crippen molar-refractivity contribution in [2.24, 2.45) is 11.8 Å². The molecule has 0 atom stereocenters. The number of nitrogens with zero attached hydrogens (tertiary/aromatic N) is 2. The van der Waals surface area contributed by atoms with Crippen molar-refractivity contribution in [3.63, 3.8) is 0 Å². The second-order valence-corrected chi connectivity index (χ2v) is 5.31. The van der Waals surface area contributed by atoms with E-state index in [1.54, 1.807) is 0 Å². The Balaban J connectivity index is 0. The van der Waals surface area contributed by atoms with Gasteiger partial charge in [0.25, 0.3) is 0 Å². The summed E-state index contributed by atoms with van der Waals surface area (Å²) in [5.41, 5.74) is 0. The van der Waals surface area contributed by atoms with E-state index in [0.717, 1.165) is 18.4 Å². The molecular formula is C14H30N2W. The molecule has 17 heavy (non-hydrogen) atoms. The van der Waals surface area contributed by atoms with Crippen LogP contribution >= 0.6 is 0 Å². The van der Waals surface area contributed by atoms with Crippen molar-refractivity contribution in [2.45, 2.75) is 38.5 Å². The van der Waals surface area contributed by atoms with E-state index in [1.165, 1.54) is 45.1 Å². The number of rotatable bonds is 6. The first-order chi connectivity index (χ1) is 7.22. The summed E-state index contributed by atoms with van der Waals surface area (Å²) < 4.78 is 0. The van der Waals surface area contributed by atoms with Gasteiger partial charge >= 0.3 is 21.1 Å². The van der Waals surface area contributed by atoms with Gasteiger partial charge < -0.3 is 17.6 Å². The van der Waals surface area contributed by atoms with Crippen LogP contribution in [-0.2, 0) is 21.1 Å². The summed E-state index contributed by atoms with van der Waals surface area (Å²) in [6.07, 6.45) is 8.56. The first-order valence-corrected chi connectivity index (χ1v) is 6.42. The van der Waals surface area contributed by atoms with Gasteiger partial charge in [-0.3, -0.25) is 0 Å². The van der Waals surface area contributed by atoms with Gasteiger partial charge in [0.1, 0.15) is 0 Å². The van der Waals surface area contributed by atoms with Crippen molar-refractivity contribution in [3.05, 3.63) is 12.7 Å². The molecule has 3 heteroatoms. The van der Waals surface area contributed by atoms with E-state index in [1.807, 2.05) is 7.05 Å². The molecule has 0 N–H and O–H groups in total. The average molecular weight is 410 g/mol. The molecule has 0 bridgehead atoms. The molecule has 0 heterocycles. The van der Waals surface area contributed by atoms with Gasteiger partial charge in [0.15, 0.2) is 0 Å². The second kappa shape index (κ2) is 11.7. The molecule has 1 rings (SSSR count). The third kappa shape index (κ3) is 9.22. The molecular weight excluding hydrogens is 380 g/mol. The van der Waals surface area contributed by atoms with Crippen molar-refractivity contribution >= 4 is 0 Å². The Morgan fingerprint density at radius 2 is 1.47 bits per heavy atom. The summed E-state index contributed by atoms with van der Waals surface area (Å²) >= 11 is 0. The van der Waals surface area contributed by atoms with Gasteiger partial charge in [-0.1, -0.05) is 32.1 Å². The predicted octanol–water partition coefficient (Wildman–Crippen LogP) is 3.59. The minimum atomic E-state index is 0. The van der Waals surface area contributed by atoms with Crippen LogP contribution in [0.1, 0.15) is 38.5 Å². The molecule has 1 saturated carbocycles. The van der Waals surface area contributed by atoms with Crippen LogP contribution in [0.5, 0.6) is 0 Å². The monoisotopic (exact) mass is 410 g/mol. The summed E-state index contributed by atoms with van der Waals surface area (Å²) in [7, 11) is 6.28. The molecule has 0 aromatic heterocycles. The van der Waals surface area contributed by atoms with E-state index in [4.69, 9.17) is 0 Å². The van der Waals surface area contributed by atoms with E-state index in [-0.39, 0.29) is 28.5 Å². The van der Waals surface area contributed by atoms with Gasteiger partial charge in [0.2, 0.25) is 0 Å². The molecule has 0 unspecified atom stereocenters. The molecule has 0 saturated heterocycles. The quantitative estimate of drug-likeness (QED) is 0.612. The zero-order valence-electron chi connectivity index (χ0n) is 12.1. The molecule has 0 aliphatic heterocycles. The van der Waals surface area contributed by atoms with Crippen LogP contribution in [0.2, 0.25) is 0 Å². The normalized spacial score (nSPS) is 24.0. The average Bonchev–Trinajstić information content (AvgIpc) is 2.25. The van der Waals surface area contributed by atoms with Gasteiger partial charge in [0, 0.05) is 0 Å². The maximum Gasteiger partial charge on any atom is 2.00 e. The molecule has 0 aromatic carbocycles. The Kier molecular flexibility index (Phi) is 13.7. The fourth-order valence-electron chi connectivity index (χ4n) is 2.56. The molecule has 0 aromatic rings. The Labute approximate surface area is 123 Å². The summed E-state index contributed by atoms with van der Waals surface area (Å²) in [5.74, 6) is 1.98. The molecule has 1 aliphatic rings. The molecule has 0 amide bonds. The fourth-order valence-corrected chi connectivity index (χ4v) is 2.56. The van der Waals surface area contributed by atoms with Crippen LogP contribution in [0.15, 0.2) is 0 Å². The van der Waals surface area contributed by atoms with E-state index >= 15 is 0 Å². The van der Waals surface area contributed by atoms with Gasteiger partial charge in [0.05, 0.1) is 0 Å². The largest absolute Gasteiger partial charge is 2.00 e. The maximum atomic E-state index is 4.20. The predicted molar refractivity (Wildman–Crippen MR) is 73.8 cm³/mol. The van der Waals surface area contributed by atoms with Crippen LogP contribution in [0.3, 0.4) is 0 Å². The Hall–Kier alpha value is 0.608. The fraction of sp³-hybridized carbons (Fsp3) is 0.929. The molecule has 102 valence electrons. The van der Waals surface area contributed by atoms with Crippen LogP contribution in [0.25, 0.3) is 5.32 Å². The van der Waals surface area contributed by atoms with Gasteiger partial charge in [-0.2, -0.15) is 7.05 Å². The smallest absolute Gasteiger partial charge is 0.665 e. The van der Waals surface area contributed by atoms with Crippen molar-refractivity contribution < 1.29 is 21.1 Å².